The van der Waals surface area contributed by atoms with Gasteiger partial charge in [-0.05, 0) is 30.2 Å². The van der Waals surface area contributed by atoms with Crippen LogP contribution in [-0.2, 0) is 9.53 Å². The van der Waals surface area contributed by atoms with Crippen molar-refractivity contribution in [3.63, 3.8) is 0 Å². The number of halogens is 1. The third-order valence-corrected chi connectivity index (χ3v) is 3.54. The molecule has 0 spiro atoms. The zero-order valence-corrected chi connectivity index (χ0v) is 15.1. The van der Waals surface area contributed by atoms with Gasteiger partial charge in [-0.3, -0.25) is 9.59 Å². The lowest BCUT2D eigenvalue weighted by Gasteiger charge is -2.12. The summed E-state index contributed by atoms with van der Waals surface area (Å²) in [6.07, 6.45) is 0. The second-order valence-electron chi connectivity index (χ2n) is 6.25. The Labute approximate surface area is 156 Å². The SMILES string of the molecule is CC(C)CNC(=O)c1ccccc1NC(=O)COC(=O)c1ccccc1F. The van der Waals surface area contributed by atoms with Crippen LogP contribution < -0.4 is 10.6 Å². The highest BCUT2D eigenvalue weighted by Gasteiger charge is 2.16. The first-order valence-electron chi connectivity index (χ1n) is 8.47. The van der Waals surface area contributed by atoms with E-state index < -0.39 is 24.3 Å². The summed E-state index contributed by atoms with van der Waals surface area (Å²) in [6.45, 7) is 3.84. The van der Waals surface area contributed by atoms with Crippen molar-refractivity contribution in [1.29, 1.82) is 0 Å². The highest BCUT2D eigenvalue weighted by atomic mass is 19.1. The summed E-state index contributed by atoms with van der Waals surface area (Å²) in [6, 6.07) is 11.8. The van der Waals surface area contributed by atoms with E-state index in [4.69, 9.17) is 4.74 Å². The van der Waals surface area contributed by atoms with E-state index in [-0.39, 0.29) is 17.4 Å². The van der Waals surface area contributed by atoms with Gasteiger partial charge in [-0.15, -0.1) is 0 Å². The highest BCUT2D eigenvalue weighted by molar-refractivity contribution is 6.04. The third kappa shape index (κ3) is 5.91. The maximum atomic E-state index is 13.5. The quantitative estimate of drug-likeness (QED) is 0.732. The lowest BCUT2D eigenvalue weighted by molar-refractivity contribution is -0.119. The predicted octanol–water partition coefficient (Wildman–Crippen LogP) is 3.01. The molecule has 0 saturated carbocycles. The summed E-state index contributed by atoms with van der Waals surface area (Å²) < 4.78 is 18.4. The molecule has 142 valence electrons. The first kappa shape index (κ1) is 20.1. The Bertz CT molecular complexity index is 836. The van der Waals surface area contributed by atoms with E-state index in [0.29, 0.717) is 17.8 Å². The fraction of sp³-hybridized carbons (Fsp3) is 0.250. The third-order valence-electron chi connectivity index (χ3n) is 3.54. The smallest absolute Gasteiger partial charge is 0.341 e. The van der Waals surface area contributed by atoms with Gasteiger partial charge >= 0.3 is 5.97 Å². The van der Waals surface area contributed by atoms with E-state index in [1.807, 2.05) is 13.8 Å². The molecule has 0 heterocycles. The van der Waals surface area contributed by atoms with Crippen LogP contribution in [0.3, 0.4) is 0 Å². The molecule has 0 bridgehead atoms. The normalized spacial score (nSPS) is 10.4. The van der Waals surface area contributed by atoms with Gasteiger partial charge in [0, 0.05) is 6.54 Å². The standard InChI is InChI=1S/C20H21FN2O4/c1-13(2)11-22-19(25)15-8-4-6-10-17(15)23-18(24)12-27-20(26)14-7-3-5-9-16(14)21/h3-10,13H,11-12H2,1-2H3,(H,22,25)(H,23,24). The summed E-state index contributed by atoms with van der Waals surface area (Å²) in [5.74, 6) is -2.33. The number of hydrogen-bond donors (Lipinski definition) is 2. The van der Waals surface area contributed by atoms with E-state index in [0.717, 1.165) is 6.07 Å². The van der Waals surface area contributed by atoms with Crippen LogP contribution in [-0.4, -0.2) is 30.9 Å². The molecular formula is C20H21FN2O4. The molecule has 6 nitrogen and oxygen atoms in total. The number of ether oxygens (including phenoxy) is 1. The number of hydrogen-bond acceptors (Lipinski definition) is 4. The largest absolute Gasteiger partial charge is 0.452 e. The zero-order valence-electron chi connectivity index (χ0n) is 15.1. The van der Waals surface area contributed by atoms with Crippen molar-refractivity contribution < 1.29 is 23.5 Å². The Kier molecular flexibility index (Phi) is 7.05. The summed E-state index contributed by atoms with van der Waals surface area (Å²) >= 11 is 0. The summed E-state index contributed by atoms with van der Waals surface area (Å²) in [4.78, 5) is 36.2. The number of benzene rings is 2. The van der Waals surface area contributed by atoms with E-state index in [1.54, 1.807) is 24.3 Å². The van der Waals surface area contributed by atoms with Crippen molar-refractivity contribution in [3.05, 3.63) is 65.5 Å². The van der Waals surface area contributed by atoms with Crippen molar-refractivity contribution in [2.45, 2.75) is 13.8 Å². The van der Waals surface area contributed by atoms with Crippen LogP contribution in [0.2, 0.25) is 0 Å². The van der Waals surface area contributed by atoms with Gasteiger partial charge in [-0.25, -0.2) is 9.18 Å². The molecule has 7 heteroatoms. The molecule has 0 radical (unpaired) electrons. The minimum atomic E-state index is -0.939. The second-order valence-corrected chi connectivity index (χ2v) is 6.25. The van der Waals surface area contributed by atoms with Crippen molar-refractivity contribution in [2.75, 3.05) is 18.5 Å². The minimum absolute atomic E-state index is 0.251. The fourth-order valence-corrected chi connectivity index (χ4v) is 2.20. The molecule has 0 aromatic heterocycles. The maximum absolute atomic E-state index is 13.5. The van der Waals surface area contributed by atoms with Crippen LogP contribution in [0.25, 0.3) is 0 Å². The average Bonchev–Trinajstić information content (AvgIpc) is 2.65. The molecule has 0 aliphatic rings. The number of nitrogens with one attached hydrogen (secondary N) is 2. The molecule has 0 atom stereocenters. The molecule has 2 amide bonds. The second kappa shape index (κ2) is 9.47. The van der Waals surface area contributed by atoms with Crippen LogP contribution in [0.1, 0.15) is 34.6 Å². The summed E-state index contributed by atoms with van der Waals surface area (Å²) in [7, 11) is 0. The highest BCUT2D eigenvalue weighted by Crippen LogP contribution is 2.15. The lowest BCUT2D eigenvalue weighted by Crippen LogP contribution is -2.29. The molecule has 0 aliphatic heterocycles. The van der Waals surface area contributed by atoms with E-state index in [9.17, 15) is 18.8 Å². The molecule has 0 unspecified atom stereocenters. The van der Waals surface area contributed by atoms with Gasteiger partial charge in [0.1, 0.15) is 5.82 Å². The summed E-state index contributed by atoms with van der Waals surface area (Å²) in [5.41, 5.74) is 0.344. The Hall–Kier alpha value is -3.22. The topological polar surface area (TPSA) is 84.5 Å². The Morgan fingerprint density at radius 1 is 1.00 bits per heavy atom. The molecule has 0 fully saturated rings. The molecule has 2 rings (SSSR count). The van der Waals surface area contributed by atoms with Crippen LogP contribution in [0.5, 0.6) is 0 Å². The van der Waals surface area contributed by atoms with Crippen LogP contribution in [0.4, 0.5) is 10.1 Å². The van der Waals surface area contributed by atoms with Crippen molar-refractivity contribution >= 4 is 23.5 Å². The molecule has 27 heavy (non-hydrogen) atoms. The van der Waals surface area contributed by atoms with Gasteiger partial charge < -0.3 is 15.4 Å². The first-order valence-corrected chi connectivity index (χ1v) is 8.47. The van der Waals surface area contributed by atoms with Gasteiger partial charge in [0.25, 0.3) is 11.8 Å². The number of amides is 2. The van der Waals surface area contributed by atoms with E-state index in [1.165, 1.54) is 18.2 Å². The number of carbonyl (C=O) groups is 3. The maximum Gasteiger partial charge on any atom is 0.341 e. The predicted molar refractivity (Wildman–Crippen MR) is 98.9 cm³/mol. The Morgan fingerprint density at radius 3 is 2.30 bits per heavy atom. The van der Waals surface area contributed by atoms with E-state index >= 15 is 0 Å². The molecule has 0 aliphatic carbocycles. The van der Waals surface area contributed by atoms with Crippen molar-refractivity contribution in [2.24, 2.45) is 5.92 Å². The van der Waals surface area contributed by atoms with Gasteiger partial charge in [0.15, 0.2) is 6.61 Å². The van der Waals surface area contributed by atoms with Gasteiger partial charge in [-0.2, -0.15) is 0 Å². The summed E-state index contributed by atoms with van der Waals surface area (Å²) in [5, 5.41) is 5.30. The lowest BCUT2D eigenvalue weighted by atomic mass is 10.1. The van der Waals surface area contributed by atoms with E-state index in [2.05, 4.69) is 10.6 Å². The molecule has 2 aromatic rings. The number of carbonyl (C=O) groups excluding carboxylic acids is 3. The first-order chi connectivity index (χ1) is 12.9. The molecule has 2 N–H and O–H groups in total. The van der Waals surface area contributed by atoms with Gasteiger partial charge in [0.2, 0.25) is 0 Å². The number of para-hydroxylation sites is 1. The fourth-order valence-electron chi connectivity index (χ4n) is 2.20. The van der Waals surface area contributed by atoms with Crippen LogP contribution >= 0.6 is 0 Å². The molecule has 2 aromatic carbocycles. The van der Waals surface area contributed by atoms with Crippen molar-refractivity contribution in [1.82, 2.24) is 5.32 Å². The van der Waals surface area contributed by atoms with Crippen molar-refractivity contribution in [3.8, 4) is 0 Å². The molecular weight excluding hydrogens is 351 g/mol. The van der Waals surface area contributed by atoms with Crippen LogP contribution in [0, 0.1) is 11.7 Å². The number of anilines is 1. The number of rotatable bonds is 7. The Morgan fingerprint density at radius 2 is 1.63 bits per heavy atom. The average molecular weight is 372 g/mol. The monoisotopic (exact) mass is 372 g/mol. The van der Waals surface area contributed by atoms with Crippen LogP contribution in [0.15, 0.2) is 48.5 Å². The van der Waals surface area contributed by atoms with Gasteiger partial charge in [-0.1, -0.05) is 38.1 Å². The minimum Gasteiger partial charge on any atom is -0.452 e. The van der Waals surface area contributed by atoms with Gasteiger partial charge in [0.05, 0.1) is 16.8 Å². The zero-order chi connectivity index (χ0) is 19.8. The number of esters is 1. The Balaban J connectivity index is 1.97. The molecule has 0 saturated heterocycles.